The molecule has 0 aromatic carbocycles. The number of nitrogens with two attached hydrogens (primary N) is 1. The van der Waals surface area contributed by atoms with Crippen LogP contribution >= 0.6 is 0 Å². The lowest BCUT2D eigenvalue weighted by Crippen LogP contribution is -2.16. The molecular weight excluding hydrogens is 214 g/mol. The zero-order valence-corrected chi connectivity index (χ0v) is 10.6. The molecule has 1 unspecified atom stereocenters. The molecule has 2 N–H and O–H groups in total. The van der Waals surface area contributed by atoms with Gasteiger partial charge in [0.05, 0.1) is 0 Å². The lowest BCUT2D eigenvalue weighted by atomic mass is 10.0. The van der Waals surface area contributed by atoms with E-state index in [0.717, 1.165) is 30.1 Å². The van der Waals surface area contributed by atoms with Gasteiger partial charge in [-0.2, -0.15) is 0 Å². The maximum atomic E-state index is 5.82. The summed E-state index contributed by atoms with van der Waals surface area (Å²) >= 11 is 0. The summed E-state index contributed by atoms with van der Waals surface area (Å²) in [6, 6.07) is 2.04. The topological polar surface area (TPSA) is 69.1 Å². The van der Waals surface area contributed by atoms with Crippen molar-refractivity contribution in [2.45, 2.75) is 39.5 Å². The molecule has 2 rings (SSSR count). The Bertz CT molecular complexity index is 517. The van der Waals surface area contributed by atoms with Crippen molar-refractivity contribution in [3.05, 3.63) is 23.3 Å². The molecule has 2 aromatic heterocycles. The van der Waals surface area contributed by atoms with Gasteiger partial charge in [-0.05, 0) is 26.3 Å². The van der Waals surface area contributed by atoms with Crippen molar-refractivity contribution >= 4 is 5.78 Å². The predicted octanol–water partition coefficient (Wildman–Crippen LogP) is 1.58. The van der Waals surface area contributed by atoms with E-state index in [0.29, 0.717) is 12.3 Å². The second kappa shape index (κ2) is 4.79. The van der Waals surface area contributed by atoms with Gasteiger partial charge in [-0.1, -0.05) is 13.3 Å². The molecule has 0 saturated carbocycles. The molecule has 0 aliphatic carbocycles. The van der Waals surface area contributed by atoms with E-state index in [1.807, 2.05) is 24.3 Å². The van der Waals surface area contributed by atoms with Crippen LogP contribution in [0.15, 0.2) is 6.07 Å². The minimum Gasteiger partial charge on any atom is -0.330 e. The zero-order valence-electron chi connectivity index (χ0n) is 10.6. The third-order valence-corrected chi connectivity index (χ3v) is 3.00. The zero-order chi connectivity index (χ0) is 12.4. The molecule has 2 aromatic rings. The first-order valence-electron chi connectivity index (χ1n) is 6.06. The third-order valence-electron chi connectivity index (χ3n) is 3.00. The summed E-state index contributed by atoms with van der Waals surface area (Å²) in [6.45, 7) is 6.77. The summed E-state index contributed by atoms with van der Waals surface area (Å²) < 4.78 is 2.01. The van der Waals surface area contributed by atoms with Gasteiger partial charge in [-0.3, -0.25) is 4.40 Å². The Kier molecular flexibility index (Phi) is 3.38. The smallest absolute Gasteiger partial charge is 0.255 e. The van der Waals surface area contributed by atoms with E-state index in [-0.39, 0.29) is 5.92 Å². The van der Waals surface area contributed by atoms with Crippen LogP contribution in [-0.4, -0.2) is 26.1 Å². The first-order valence-corrected chi connectivity index (χ1v) is 6.06. The van der Waals surface area contributed by atoms with E-state index in [1.54, 1.807) is 0 Å². The number of aryl methyl sites for hydroxylation is 2. The Morgan fingerprint density at radius 2 is 2.12 bits per heavy atom. The molecule has 92 valence electrons. The SMILES string of the molecule is CCCC(CN)c1nnc2nc(C)cc(C)n12. The highest BCUT2D eigenvalue weighted by Crippen LogP contribution is 2.20. The average molecular weight is 233 g/mol. The van der Waals surface area contributed by atoms with Gasteiger partial charge in [0.2, 0.25) is 0 Å². The van der Waals surface area contributed by atoms with Crippen LogP contribution in [-0.2, 0) is 0 Å². The molecule has 5 nitrogen and oxygen atoms in total. The Morgan fingerprint density at radius 1 is 1.35 bits per heavy atom. The Morgan fingerprint density at radius 3 is 2.76 bits per heavy atom. The summed E-state index contributed by atoms with van der Waals surface area (Å²) in [4.78, 5) is 4.38. The van der Waals surface area contributed by atoms with Gasteiger partial charge in [0.25, 0.3) is 5.78 Å². The molecule has 17 heavy (non-hydrogen) atoms. The van der Waals surface area contributed by atoms with Crippen molar-refractivity contribution in [3.8, 4) is 0 Å². The fourth-order valence-corrected chi connectivity index (χ4v) is 2.22. The molecule has 2 heterocycles. The van der Waals surface area contributed by atoms with E-state index in [1.165, 1.54) is 0 Å². The predicted molar refractivity (Wildman–Crippen MR) is 67.0 cm³/mol. The molecular formula is C12H19N5. The summed E-state index contributed by atoms with van der Waals surface area (Å²) in [5.41, 5.74) is 7.90. The summed E-state index contributed by atoms with van der Waals surface area (Å²) in [5.74, 6) is 1.87. The molecule has 0 saturated heterocycles. The highest BCUT2D eigenvalue weighted by atomic mass is 15.3. The number of hydrogen-bond donors (Lipinski definition) is 1. The molecule has 0 spiro atoms. The van der Waals surface area contributed by atoms with Crippen LogP contribution < -0.4 is 5.73 Å². The van der Waals surface area contributed by atoms with Gasteiger partial charge < -0.3 is 5.73 Å². The van der Waals surface area contributed by atoms with E-state index in [2.05, 4.69) is 22.1 Å². The molecule has 0 fully saturated rings. The summed E-state index contributed by atoms with van der Waals surface area (Å²) in [7, 11) is 0. The lowest BCUT2D eigenvalue weighted by Gasteiger charge is -2.12. The lowest BCUT2D eigenvalue weighted by molar-refractivity contribution is 0.581. The standard InChI is InChI=1S/C12H19N5/c1-4-5-10(7-13)11-15-16-12-14-8(2)6-9(3)17(11)12/h6,10H,4-5,7,13H2,1-3H3. The largest absolute Gasteiger partial charge is 0.330 e. The highest BCUT2D eigenvalue weighted by Gasteiger charge is 2.17. The molecule has 0 aliphatic heterocycles. The van der Waals surface area contributed by atoms with Crippen molar-refractivity contribution < 1.29 is 0 Å². The number of aromatic nitrogens is 4. The fourth-order valence-electron chi connectivity index (χ4n) is 2.22. The van der Waals surface area contributed by atoms with Gasteiger partial charge in [-0.15, -0.1) is 10.2 Å². The van der Waals surface area contributed by atoms with Crippen LogP contribution in [0.5, 0.6) is 0 Å². The molecule has 0 radical (unpaired) electrons. The molecule has 0 bridgehead atoms. The Labute approximate surface area is 101 Å². The second-order valence-corrected chi connectivity index (χ2v) is 4.45. The first kappa shape index (κ1) is 12.0. The third kappa shape index (κ3) is 2.15. The molecule has 0 aliphatic rings. The van der Waals surface area contributed by atoms with Gasteiger partial charge >= 0.3 is 0 Å². The van der Waals surface area contributed by atoms with Gasteiger partial charge in [-0.25, -0.2) is 4.98 Å². The van der Waals surface area contributed by atoms with Crippen LogP contribution in [0.3, 0.4) is 0 Å². The van der Waals surface area contributed by atoms with E-state index in [4.69, 9.17) is 5.73 Å². The number of fused-ring (bicyclic) bond motifs is 1. The maximum Gasteiger partial charge on any atom is 0.255 e. The van der Waals surface area contributed by atoms with E-state index >= 15 is 0 Å². The van der Waals surface area contributed by atoms with Crippen LogP contribution in [0.25, 0.3) is 5.78 Å². The fraction of sp³-hybridized carbons (Fsp3) is 0.583. The van der Waals surface area contributed by atoms with Crippen LogP contribution in [0.1, 0.15) is 42.9 Å². The summed E-state index contributed by atoms with van der Waals surface area (Å²) in [5, 5.41) is 8.40. The normalized spacial score (nSPS) is 13.2. The molecule has 0 amide bonds. The number of hydrogen-bond acceptors (Lipinski definition) is 4. The van der Waals surface area contributed by atoms with Crippen molar-refractivity contribution in [2.24, 2.45) is 5.73 Å². The minimum atomic E-state index is 0.262. The van der Waals surface area contributed by atoms with Crippen molar-refractivity contribution in [1.29, 1.82) is 0 Å². The first-order chi connectivity index (χ1) is 8.17. The quantitative estimate of drug-likeness (QED) is 0.870. The Balaban J connectivity index is 2.55. The molecule has 1 atom stereocenters. The number of nitrogens with zero attached hydrogens (tertiary/aromatic N) is 4. The van der Waals surface area contributed by atoms with Crippen LogP contribution in [0, 0.1) is 13.8 Å². The Hall–Kier alpha value is -1.49. The van der Waals surface area contributed by atoms with Crippen molar-refractivity contribution in [1.82, 2.24) is 19.6 Å². The average Bonchev–Trinajstić information content (AvgIpc) is 2.69. The van der Waals surface area contributed by atoms with Crippen molar-refractivity contribution in [2.75, 3.05) is 6.54 Å². The minimum absolute atomic E-state index is 0.262. The number of rotatable bonds is 4. The van der Waals surface area contributed by atoms with Gasteiger partial charge in [0, 0.05) is 23.9 Å². The summed E-state index contributed by atoms with van der Waals surface area (Å²) in [6.07, 6.45) is 2.12. The van der Waals surface area contributed by atoms with Gasteiger partial charge in [0.1, 0.15) is 5.82 Å². The van der Waals surface area contributed by atoms with E-state index in [9.17, 15) is 0 Å². The maximum absolute atomic E-state index is 5.82. The van der Waals surface area contributed by atoms with Crippen LogP contribution in [0.2, 0.25) is 0 Å². The van der Waals surface area contributed by atoms with E-state index < -0.39 is 0 Å². The monoisotopic (exact) mass is 233 g/mol. The van der Waals surface area contributed by atoms with Crippen molar-refractivity contribution in [3.63, 3.8) is 0 Å². The highest BCUT2D eigenvalue weighted by molar-refractivity contribution is 5.33. The van der Waals surface area contributed by atoms with Gasteiger partial charge in [0.15, 0.2) is 0 Å². The second-order valence-electron chi connectivity index (χ2n) is 4.45. The van der Waals surface area contributed by atoms with Crippen LogP contribution in [0.4, 0.5) is 0 Å². The molecule has 5 heteroatoms.